The number of esters is 1. The lowest BCUT2D eigenvalue weighted by Gasteiger charge is -2.32. The van der Waals surface area contributed by atoms with E-state index in [4.69, 9.17) is 9.72 Å². The van der Waals surface area contributed by atoms with Crippen LogP contribution < -0.4 is 10.9 Å². The van der Waals surface area contributed by atoms with Gasteiger partial charge in [-0.2, -0.15) is 0 Å². The standard InChI is InChI=1S/C27H21N3O5/c1-2-27(34)19-13-21-22-17(12-16-10-6-7-11-20(16)28-22)23(29-24(31)15-8-4-3-5-9-15)30(21)25(32)18(19)14-35-26(27)33/h3-13,23,34H,2,14H2,1H3,(H,29,31)/t23?,27-/m0/s1. The third-order valence-electron chi connectivity index (χ3n) is 6.84. The van der Waals surface area contributed by atoms with Crippen LogP contribution in [0.1, 0.15) is 46.6 Å². The summed E-state index contributed by atoms with van der Waals surface area (Å²) < 4.78 is 6.64. The van der Waals surface area contributed by atoms with Gasteiger partial charge in [-0.25, -0.2) is 9.78 Å². The molecule has 0 aliphatic carbocycles. The first-order valence-corrected chi connectivity index (χ1v) is 11.4. The van der Waals surface area contributed by atoms with Crippen molar-refractivity contribution >= 4 is 22.8 Å². The highest BCUT2D eigenvalue weighted by Gasteiger charge is 2.46. The van der Waals surface area contributed by atoms with E-state index in [0.717, 1.165) is 10.9 Å². The molecule has 8 heteroatoms. The van der Waals surface area contributed by atoms with Crippen LogP contribution >= 0.6 is 0 Å². The third kappa shape index (κ3) is 3.03. The molecule has 4 heterocycles. The second-order valence-corrected chi connectivity index (χ2v) is 8.75. The summed E-state index contributed by atoms with van der Waals surface area (Å²) in [5, 5.41) is 15.0. The zero-order chi connectivity index (χ0) is 24.3. The van der Waals surface area contributed by atoms with Gasteiger partial charge in [-0.1, -0.05) is 43.3 Å². The lowest BCUT2D eigenvalue weighted by Crippen LogP contribution is -2.45. The maximum absolute atomic E-state index is 13.8. The Kier molecular flexibility index (Phi) is 4.62. The fraction of sp³-hybridized carbons (Fsp3) is 0.185. The van der Waals surface area contributed by atoms with Gasteiger partial charge in [0, 0.05) is 22.1 Å². The summed E-state index contributed by atoms with van der Waals surface area (Å²) in [6, 6.07) is 19.8. The number of cyclic esters (lactones) is 1. The van der Waals surface area contributed by atoms with Crippen molar-refractivity contribution in [3.05, 3.63) is 99.3 Å². The number of aromatic nitrogens is 2. The van der Waals surface area contributed by atoms with Crippen molar-refractivity contribution in [1.82, 2.24) is 14.9 Å². The van der Waals surface area contributed by atoms with E-state index in [0.29, 0.717) is 22.5 Å². The molecule has 1 unspecified atom stereocenters. The van der Waals surface area contributed by atoms with Gasteiger partial charge in [0.05, 0.1) is 22.5 Å². The van der Waals surface area contributed by atoms with Gasteiger partial charge in [0.2, 0.25) is 0 Å². The van der Waals surface area contributed by atoms with Crippen LogP contribution in [0, 0.1) is 0 Å². The lowest BCUT2D eigenvalue weighted by molar-refractivity contribution is -0.172. The smallest absolute Gasteiger partial charge is 0.343 e. The second kappa shape index (κ2) is 7.61. The molecule has 2 atom stereocenters. The van der Waals surface area contributed by atoms with Crippen molar-refractivity contribution in [2.75, 3.05) is 0 Å². The van der Waals surface area contributed by atoms with E-state index in [-0.39, 0.29) is 30.1 Å². The maximum atomic E-state index is 13.8. The van der Waals surface area contributed by atoms with Crippen LogP contribution in [0.3, 0.4) is 0 Å². The molecule has 0 radical (unpaired) electrons. The Balaban J connectivity index is 1.60. The molecule has 2 aliphatic rings. The molecule has 8 nitrogen and oxygen atoms in total. The fourth-order valence-electron chi connectivity index (χ4n) is 4.94. The van der Waals surface area contributed by atoms with Crippen molar-refractivity contribution in [2.24, 2.45) is 0 Å². The van der Waals surface area contributed by atoms with Gasteiger partial charge in [-0.05, 0) is 36.8 Å². The van der Waals surface area contributed by atoms with Crippen molar-refractivity contribution in [3.63, 3.8) is 0 Å². The zero-order valence-electron chi connectivity index (χ0n) is 18.8. The molecule has 2 aromatic heterocycles. The summed E-state index contributed by atoms with van der Waals surface area (Å²) in [4.78, 5) is 44.2. The first-order chi connectivity index (χ1) is 16.9. The summed E-state index contributed by atoms with van der Waals surface area (Å²) >= 11 is 0. The first-order valence-electron chi connectivity index (χ1n) is 11.4. The quantitative estimate of drug-likeness (QED) is 0.448. The molecule has 4 aromatic rings. The second-order valence-electron chi connectivity index (χ2n) is 8.75. The van der Waals surface area contributed by atoms with Crippen molar-refractivity contribution in [1.29, 1.82) is 0 Å². The number of aliphatic hydroxyl groups is 1. The van der Waals surface area contributed by atoms with Gasteiger partial charge in [-0.15, -0.1) is 0 Å². The lowest BCUT2D eigenvalue weighted by atomic mass is 9.86. The van der Waals surface area contributed by atoms with Crippen molar-refractivity contribution in [3.8, 4) is 11.4 Å². The molecule has 0 saturated heterocycles. The molecule has 0 bridgehead atoms. The van der Waals surface area contributed by atoms with Gasteiger partial charge in [0.15, 0.2) is 5.60 Å². The number of para-hydroxylation sites is 1. The predicted octanol–water partition coefficient (Wildman–Crippen LogP) is 3.01. The van der Waals surface area contributed by atoms with Crippen LogP contribution in [0.2, 0.25) is 0 Å². The summed E-state index contributed by atoms with van der Waals surface area (Å²) in [7, 11) is 0. The molecular weight excluding hydrogens is 446 g/mol. The molecule has 0 spiro atoms. The third-order valence-corrected chi connectivity index (χ3v) is 6.84. The number of pyridine rings is 2. The van der Waals surface area contributed by atoms with Crippen molar-refractivity contribution < 1.29 is 19.4 Å². The highest BCUT2D eigenvalue weighted by molar-refractivity contribution is 5.95. The SMILES string of the molecule is CC[C@@]1(O)C(=O)OCc2c1cc1n(c2=O)C(NC(=O)c2ccccc2)c2cc3ccccc3nc2-1. The van der Waals surface area contributed by atoms with Gasteiger partial charge in [-0.3, -0.25) is 14.2 Å². The largest absolute Gasteiger partial charge is 0.458 e. The van der Waals surface area contributed by atoms with E-state index in [1.54, 1.807) is 37.3 Å². The van der Waals surface area contributed by atoms with E-state index < -0.39 is 23.3 Å². The number of hydrogen-bond donors (Lipinski definition) is 2. The topological polar surface area (TPSA) is 111 Å². The van der Waals surface area contributed by atoms with E-state index in [1.807, 2.05) is 36.4 Å². The van der Waals surface area contributed by atoms with Gasteiger partial charge < -0.3 is 15.2 Å². The normalized spacial score (nSPS) is 20.1. The van der Waals surface area contributed by atoms with Crippen LogP contribution in [0.5, 0.6) is 0 Å². The van der Waals surface area contributed by atoms with Crippen LogP contribution in [0.15, 0.2) is 71.5 Å². The van der Waals surface area contributed by atoms with Crippen LogP contribution in [0.25, 0.3) is 22.3 Å². The predicted molar refractivity (Wildman–Crippen MR) is 127 cm³/mol. The number of fused-ring (bicyclic) bond motifs is 5. The monoisotopic (exact) mass is 467 g/mol. The minimum absolute atomic E-state index is 0.0495. The number of hydrogen-bond acceptors (Lipinski definition) is 6. The maximum Gasteiger partial charge on any atom is 0.343 e. The molecule has 2 aromatic carbocycles. The number of amides is 1. The number of ether oxygens (including phenoxy) is 1. The fourth-order valence-corrected chi connectivity index (χ4v) is 4.94. The van der Waals surface area contributed by atoms with Gasteiger partial charge >= 0.3 is 5.97 Å². The molecule has 2 N–H and O–H groups in total. The van der Waals surface area contributed by atoms with Gasteiger partial charge in [0.25, 0.3) is 11.5 Å². The Morgan fingerprint density at radius 1 is 1.14 bits per heavy atom. The molecule has 174 valence electrons. The number of rotatable bonds is 3. The summed E-state index contributed by atoms with van der Waals surface area (Å²) in [5.41, 5.74) is 0.813. The Morgan fingerprint density at radius 3 is 2.66 bits per heavy atom. The van der Waals surface area contributed by atoms with E-state index in [9.17, 15) is 19.5 Å². The van der Waals surface area contributed by atoms with Crippen LogP contribution in [-0.2, 0) is 21.7 Å². The van der Waals surface area contributed by atoms with Crippen molar-refractivity contribution in [2.45, 2.75) is 31.7 Å². The molecule has 6 rings (SSSR count). The number of nitrogens with one attached hydrogen (secondary N) is 1. The van der Waals surface area contributed by atoms with E-state index in [1.165, 1.54) is 4.57 Å². The number of carbonyl (C=O) groups is 2. The minimum atomic E-state index is -1.93. The highest BCUT2D eigenvalue weighted by atomic mass is 16.6. The van der Waals surface area contributed by atoms with Gasteiger partial charge in [0.1, 0.15) is 12.8 Å². The zero-order valence-corrected chi connectivity index (χ0v) is 18.8. The Morgan fingerprint density at radius 2 is 1.89 bits per heavy atom. The Labute approximate surface area is 199 Å². The van der Waals surface area contributed by atoms with Crippen LogP contribution in [0.4, 0.5) is 0 Å². The average molecular weight is 467 g/mol. The van der Waals surface area contributed by atoms with Crippen LogP contribution in [-0.4, -0.2) is 26.5 Å². The molecule has 35 heavy (non-hydrogen) atoms. The molecule has 0 fully saturated rings. The molecular formula is C27H21N3O5. The first kappa shape index (κ1) is 21.2. The van der Waals surface area contributed by atoms with E-state index >= 15 is 0 Å². The van der Waals surface area contributed by atoms with E-state index in [2.05, 4.69) is 5.32 Å². The number of benzene rings is 2. The summed E-state index contributed by atoms with van der Waals surface area (Å²) in [6.45, 7) is 1.41. The molecule has 2 aliphatic heterocycles. The summed E-state index contributed by atoms with van der Waals surface area (Å²) in [6.07, 6.45) is -0.775. The number of carbonyl (C=O) groups excluding carboxylic acids is 2. The summed E-state index contributed by atoms with van der Waals surface area (Å²) in [5.74, 6) is -1.13. The Hall–Kier alpha value is -4.30. The number of nitrogens with zero attached hydrogens (tertiary/aromatic N) is 2. The highest BCUT2D eigenvalue weighted by Crippen LogP contribution is 2.41. The molecule has 1 amide bonds. The molecule has 0 saturated carbocycles. The minimum Gasteiger partial charge on any atom is -0.458 e. The Bertz CT molecular complexity index is 1590. The average Bonchev–Trinajstić information content (AvgIpc) is 3.18.